The number of aromatic amines is 1. The summed E-state index contributed by atoms with van der Waals surface area (Å²) >= 11 is 2.24. The van der Waals surface area contributed by atoms with Crippen molar-refractivity contribution in [2.24, 2.45) is 0 Å². The van der Waals surface area contributed by atoms with E-state index in [1.165, 1.54) is 0 Å². The number of hydrogen-bond acceptors (Lipinski definition) is 2. The van der Waals surface area contributed by atoms with Gasteiger partial charge in [0.25, 0.3) is 0 Å². The van der Waals surface area contributed by atoms with Gasteiger partial charge in [0.05, 0.1) is 12.1 Å². The molecule has 0 aliphatic carbocycles. The van der Waals surface area contributed by atoms with E-state index in [0.29, 0.717) is 5.75 Å². The van der Waals surface area contributed by atoms with E-state index in [9.17, 15) is 9.90 Å². The molecule has 0 amide bonds. The number of rotatable bonds is 5. The minimum absolute atomic E-state index is 0.0425. The van der Waals surface area contributed by atoms with Crippen LogP contribution in [0, 0.1) is 3.57 Å². The van der Waals surface area contributed by atoms with Crippen molar-refractivity contribution in [2.45, 2.75) is 6.42 Å². The van der Waals surface area contributed by atoms with Gasteiger partial charge in [0.1, 0.15) is 11.5 Å². The van der Waals surface area contributed by atoms with E-state index in [1.807, 2.05) is 72.8 Å². The number of para-hydroxylation sites is 1. The summed E-state index contributed by atoms with van der Waals surface area (Å²) in [5.41, 5.74) is 3.42. The molecule has 0 fully saturated rings. The first kappa shape index (κ1) is 17.6. The lowest BCUT2D eigenvalue weighted by molar-refractivity contribution is -0.136. The van der Waals surface area contributed by atoms with E-state index in [2.05, 4.69) is 27.6 Å². The maximum atomic E-state index is 11.4. The molecule has 5 heteroatoms. The fraction of sp³-hybridized carbons (Fsp3) is 0.0455. The molecule has 0 saturated heterocycles. The van der Waals surface area contributed by atoms with Gasteiger partial charge in [-0.05, 0) is 70.6 Å². The summed E-state index contributed by atoms with van der Waals surface area (Å²) in [7, 11) is 0. The SMILES string of the molecule is O=C(O)Cc1c(-c2cccc(Oc3ccccc3)c2)[nH]c2ccc(I)cc12. The molecule has 0 spiro atoms. The number of hydrogen-bond donors (Lipinski definition) is 2. The highest BCUT2D eigenvalue weighted by molar-refractivity contribution is 14.1. The smallest absolute Gasteiger partial charge is 0.307 e. The Morgan fingerprint density at radius 1 is 0.963 bits per heavy atom. The van der Waals surface area contributed by atoms with Gasteiger partial charge in [-0.2, -0.15) is 0 Å². The first-order valence-corrected chi connectivity index (χ1v) is 9.53. The zero-order valence-electron chi connectivity index (χ0n) is 14.3. The second-order valence-corrected chi connectivity index (χ2v) is 7.43. The zero-order chi connectivity index (χ0) is 18.8. The van der Waals surface area contributed by atoms with Gasteiger partial charge in [-0.1, -0.05) is 30.3 Å². The van der Waals surface area contributed by atoms with Crippen LogP contribution in [0.5, 0.6) is 11.5 Å². The molecule has 0 radical (unpaired) electrons. The third kappa shape index (κ3) is 3.83. The van der Waals surface area contributed by atoms with Crippen molar-refractivity contribution in [1.29, 1.82) is 0 Å². The van der Waals surface area contributed by atoms with Crippen LogP contribution >= 0.6 is 22.6 Å². The predicted molar refractivity (Wildman–Crippen MR) is 114 cm³/mol. The number of fused-ring (bicyclic) bond motifs is 1. The molecule has 134 valence electrons. The van der Waals surface area contributed by atoms with Crippen LogP contribution in [0.4, 0.5) is 0 Å². The van der Waals surface area contributed by atoms with E-state index in [1.54, 1.807) is 0 Å². The predicted octanol–water partition coefficient (Wildman–Crippen LogP) is 5.86. The zero-order valence-corrected chi connectivity index (χ0v) is 16.4. The quantitative estimate of drug-likeness (QED) is 0.360. The Morgan fingerprint density at radius 2 is 1.74 bits per heavy atom. The van der Waals surface area contributed by atoms with Crippen LogP contribution in [0.25, 0.3) is 22.2 Å². The normalized spacial score (nSPS) is 10.9. The molecule has 4 rings (SSSR count). The van der Waals surface area contributed by atoms with Crippen molar-refractivity contribution in [1.82, 2.24) is 4.98 Å². The molecule has 27 heavy (non-hydrogen) atoms. The number of nitrogens with one attached hydrogen (secondary N) is 1. The number of aromatic nitrogens is 1. The van der Waals surface area contributed by atoms with E-state index in [4.69, 9.17) is 4.74 Å². The van der Waals surface area contributed by atoms with Gasteiger partial charge in [-0.15, -0.1) is 0 Å². The molecule has 1 aromatic heterocycles. The highest BCUT2D eigenvalue weighted by Crippen LogP contribution is 2.34. The third-order valence-corrected chi connectivity index (χ3v) is 4.97. The van der Waals surface area contributed by atoms with Crippen LogP contribution in [0.3, 0.4) is 0 Å². The van der Waals surface area contributed by atoms with Gasteiger partial charge in [0, 0.05) is 20.0 Å². The van der Waals surface area contributed by atoms with Crippen LogP contribution in [0.15, 0.2) is 72.8 Å². The average molecular weight is 469 g/mol. The lowest BCUT2D eigenvalue weighted by atomic mass is 10.0. The average Bonchev–Trinajstić information content (AvgIpc) is 3.00. The molecule has 4 nitrogen and oxygen atoms in total. The molecule has 0 unspecified atom stereocenters. The number of halogens is 1. The summed E-state index contributed by atoms with van der Waals surface area (Å²) in [6.07, 6.45) is -0.0425. The monoisotopic (exact) mass is 469 g/mol. The number of aliphatic carboxylic acids is 1. The highest BCUT2D eigenvalue weighted by Gasteiger charge is 2.16. The van der Waals surface area contributed by atoms with Gasteiger partial charge in [-0.3, -0.25) is 4.79 Å². The van der Waals surface area contributed by atoms with E-state index in [0.717, 1.165) is 37.0 Å². The molecule has 0 bridgehead atoms. The summed E-state index contributed by atoms with van der Waals surface area (Å²) in [6, 6.07) is 23.2. The Bertz CT molecular complexity index is 1120. The number of benzene rings is 3. The summed E-state index contributed by atoms with van der Waals surface area (Å²) in [5, 5.41) is 10.3. The van der Waals surface area contributed by atoms with E-state index < -0.39 is 5.97 Å². The summed E-state index contributed by atoms with van der Waals surface area (Å²) in [6.45, 7) is 0. The minimum Gasteiger partial charge on any atom is -0.481 e. The first-order chi connectivity index (χ1) is 13.1. The number of carboxylic acid groups (broad SMARTS) is 1. The molecule has 0 aliphatic heterocycles. The van der Waals surface area contributed by atoms with Gasteiger partial charge in [0.2, 0.25) is 0 Å². The van der Waals surface area contributed by atoms with E-state index in [-0.39, 0.29) is 6.42 Å². The molecule has 4 aromatic rings. The van der Waals surface area contributed by atoms with Crippen molar-refractivity contribution >= 4 is 39.5 Å². The fourth-order valence-corrected chi connectivity index (χ4v) is 3.63. The molecular formula is C22H16INO3. The van der Waals surface area contributed by atoms with Crippen LogP contribution < -0.4 is 4.74 Å². The topological polar surface area (TPSA) is 62.3 Å². The van der Waals surface area contributed by atoms with Crippen molar-refractivity contribution < 1.29 is 14.6 Å². The highest BCUT2D eigenvalue weighted by atomic mass is 127. The van der Waals surface area contributed by atoms with Crippen molar-refractivity contribution in [2.75, 3.05) is 0 Å². The number of ether oxygens (including phenoxy) is 1. The maximum absolute atomic E-state index is 11.4. The molecule has 0 atom stereocenters. The van der Waals surface area contributed by atoms with Crippen molar-refractivity contribution in [3.63, 3.8) is 0 Å². The van der Waals surface area contributed by atoms with Gasteiger partial charge in [-0.25, -0.2) is 0 Å². The maximum Gasteiger partial charge on any atom is 0.307 e. The lowest BCUT2D eigenvalue weighted by Gasteiger charge is -2.08. The standard InChI is InChI=1S/C22H16INO3/c23-15-9-10-20-18(12-15)19(13-21(25)26)22(24-20)14-5-4-8-17(11-14)27-16-6-2-1-3-7-16/h1-12,24H,13H2,(H,25,26). The summed E-state index contributed by atoms with van der Waals surface area (Å²) < 4.78 is 6.99. The molecular weight excluding hydrogens is 453 g/mol. The molecule has 0 aliphatic rings. The second kappa shape index (κ2) is 7.44. The Labute approximate surface area is 169 Å². The Hall–Kier alpha value is -2.80. The summed E-state index contributed by atoms with van der Waals surface area (Å²) in [4.78, 5) is 14.8. The van der Waals surface area contributed by atoms with Crippen LogP contribution in [0.1, 0.15) is 5.56 Å². The Kier molecular flexibility index (Phi) is 4.85. The van der Waals surface area contributed by atoms with Crippen LogP contribution in [-0.2, 0) is 11.2 Å². The second-order valence-electron chi connectivity index (χ2n) is 6.18. The number of carboxylic acids is 1. The van der Waals surface area contributed by atoms with Gasteiger partial charge in [0.15, 0.2) is 0 Å². The van der Waals surface area contributed by atoms with Crippen LogP contribution in [-0.4, -0.2) is 16.1 Å². The van der Waals surface area contributed by atoms with Gasteiger partial charge < -0.3 is 14.8 Å². The first-order valence-electron chi connectivity index (χ1n) is 8.45. The molecule has 2 N–H and O–H groups in total. The minimum atomic E-state index is -0.854. The largest absolute Gasteiger partial charge is 0.481 e. The van der Waals surface area contributed by atoms with Crippen molar-refractivity contribution in [3.05, 3.63) is 81.9 Å². The molecule has 3 aromatic carbocycles. The fourth-order valence-electron chi connectivity index (χ4n) is 3.14. The molecule has 0 saturated carbocycles. The lowest BCUT2D eigenvalue weighted by Crippen LogP contribution is -2.01. The molecule has 1 heterocycles. The summed E-state index contributed by atoms with van der Waals surface area (Å²) in [5.74, 6) is 0.604. The van der Waals surface area contributed by atoms with E-state index >= 15 is 0 Å². The van der Waals surface area contributed by atoms with Crippen molar-refractivity contribution in [3.8, 4) is 22.8 Å². The Balaban J connectivity index is 1.79. The van der Waals surface area contributed by atoms with Gasteiger partial charge >= 0.3 is 5.97 Å². The Morgan fingerprint density at radius 3 is 2.52 bits per heavy atom. The number of H-pyrrole nitrogens is 1. The number of carbonyl (C=O) groups is 1. The third-order valence-electron chi connectivity index (χ3n) is 4.30. The van der Waals surface area contributed by atoms with Crippen LogP contribution in [0.2, 0.25) is 0 Å².